The number of imidazole rings is 1. The summed E-state index contributed by atoms with van der Waals surface area (Å²) in [5, 5.41) is 4.76. The van der Waals surface area contributed by atoms with E-state index in [2.05, 4.69) is 20.1 Å². The smallest absolute Gasteiger partial charge is 0.280 e. The topological polar surface area (TPSA) is 101 Å². The Labute approximate surface area is 171 Å². The number of hydrogen-bond donors (Lipinski definition) is 0. The third-order valence-corrected chi connectivity index (χ3v) is 5.28. The van der Waals surface area contributed by atoms with E-state index in [9.17, 15) is 4.79 Å². The van der Waals surface area contributed by atoms with Crippen molar-refractivity contribution in [3.8, 4) is 0 Å². The normalized spacial score (nSPS) is 19.7. The summed E-state index contributed by atoms with van der Waals surface area (Å²) in [5.74, 6) is 0.859. The van der Waals surface area contributed by atoms with Crippen LogP contribution in [0.5, 0.6) is 0 Å². The molecule has 0 aliphatic carbocycles. The van der Waals surface area contributed by atoms with E-state index in [1.807, 2.05) is 24.3 Å². The lowest BCUT2D eigenvalue weighted by atomic mass is 10.0. The van der Waals surface area contributed by atoms with Gasteiger partial charge in [0.05, 0.1) is 19.0 Å². The first-order chi connectivity index (χ1) is 14.5. The third kappa shape index (κ3) is 3.32. The van der Waals surface area contributed by atoms with Crippen LogP contribution in [0.1, 0.15) is 37.1 Å². The van der Waals surface area contributed by atoms with Crippen LogP contribution in [-0.2, 0) is 18.3 Å². The Kier molecular flexibility index (Phi) is 4.12. The Bertz CT molecular complexity index is 1280. The van der Waals surface area contributed by atoms with Crippen LogP contribution in [0.2, 0.25) is 5.02 Å². The van der Waals surface area contributed by atoms with Crippen molar-refractivity contribution in [3.63, 3.8) is 0 Å². The van der Waals surface area contributed by atoms with Gasteiger partial charge < -0.3 is 13.8 Å². The fraction of sp³-hybridized carbons (Fsp3) is 0.316. The zero-order chi connectivity index (χ0) is 20.8. The van der Waals surface area contributed by atoms with E-state index in [0.29, 0.717) is 23.3 Å². The van der Waals surface area contributed by atoms with Crippen molar-refractivity contribution in [2.75, 3.05) is 6.61 Å². The first kappa shape index (κ1) is 16.9. The maximum Gasteiger partial charge on any atom is 0.280 e. The Morgan fingerprint density at radius 2 is 2.14 bits per heavy atom. The number of benzene rings is 1. The van der Waals surface area contributed by atoms with Gasteiger partial charge in [-0.1, -0.05) is 28.9 Å². The average molecular weight is 414 g/mol. The Balaban J connectivity index is 1.33. The minimum atomic E-state index is -0.319. The van der Waals surface area contributed by atoms with Crippen molar-refractivity contribution in [2.45, 2.75) is 25.0 Å². The lowest BCUT2D eigenvalue weighted by molar-refractivity contribution is 0.110. The van der Waals surface area contributed by atoms with Gasteiger partial charge in [-0.25, -0.2) is 9.97 Å². The summed E-state index contributed by atoms with van der Waals surface area (Å²) >= 11 is 5.95. The van der Waals surface area contributed by atoms with E-state index in [1.165, 1.54) is 15.5 Å². The number of fused-ring (bicyclic) bond motifs is 1. The molecule has 0 bridgehead atoms. The molecule has 0 radical (unpaired) electrons. The Morgan fingerprint density at radius 3 is 2.97 bits per heavy atom. The van der Waals surface area contributed by atoms with Crippen molar-refractivity contribution in [3.05, 3.63) is 69.6 Å². The lowest BCUT2D eigenvalue weighted by Crippen LogP contribution is -2.22. The number of hydrogen-bond acceptors (Lipinski definition) is 7. The lowest BCUT2D eigenvalue weighted by Gasteiger charge is -2.09. The molecule has 10 heteroatoms. The molecule has 4 heterocycles. The summed E-state index contributed by atoms with van der Waals surface area (Å²) in [6, 6.07) is 7.59. The molecule has 1 aromatic carbocycles. The van der Waals surface area contributed by atoms with Gasteiger partial charge in [-0.3, -0.25) is 9.36 Å². The highest BCUT2D eigenvalue weighted by molar-refractivity contribution is 6.30. The molecule has 1 aliphatic heterocycles. The molecule has 0 saturated carbocycles. The van der Waals surface area contributed by atoms with Gasteiger partial charge in [0.15, 0.2) is 17.0 Å². The van der Waals surface area contributed by atoms with Crippen LogP contribution in [0.25, 0.3) is 11.2 Å². The molecular weight excluding hydrogens is 396 g/mol. The number of aryl methyl sites for hydroxylation is 1. The fourth-order valence-corrected chi connectivity index (χ4v) is 3.62. The van der Waals surface area contributed by atoms with Crippen LogP contribution in [0.15, 0.2) is 46.2 Å². The standard InChI is InChI=1S/C19H17ClN6O3/c1-25-9-21-18-16(25)19(27)26(10-22-18)7-15-23-17(24-29-15)12-6-14(28-8-12)11-2-4-13(20)5-3-11/h2-5,9-10,12,14H,6-8H2,1H3/t12-,14+/m0/s1/i9D. The highest BCUT2D eigenvalue weighted by Gasteiger charge is 2.31. The highest BCUT2D eigenvalue weighted by atomic mass is 35.5. The molecule has 4 aromatic rings. The molecule has 3 aromatic heterocycles. The van der Waals surface area contributed by atoms with E-state index in [1.54, 1.807) is 7.05 Å². The molecule has 0 unspecified atom stereocenters. The molecular formula is C19H17ClN6O3. The molecule has 1 fully saturated rings. The zero-order valence-electron chi connectivity index (χ0n) is 16.4. The van der Waals surface area contributed by atoms with Crippen molar-refractivity contribution in [2.24, 2.45) is 7.05 Å². The maximum atomic E-state index is 12.7. The summed E-state index contributed by atoms with van der Waals surface area (Å²) < 4.78 is 21.7. The van der Waals surface area contributed by atoms with Gasteiger partial charge >= 0.3 is 0 Å². The van der Waals surface area contributed by atoms with Gasteiger partial charge in [0.1, 0.15) is 14.2 Å². The molecule has 0 N–H and O–H groups in total. The molecule has 2 atom stereocenters. The van der Waals surface area contributed by atoms with Gasteiger partial charge in [-0.15, -0.1) is 0 Å². The van der Waals surface area contributed by atoms with Crippen LogP contribution in [-0.4, -0.2) is 35.8 Å². The van der Waals surface area contributed by atoms with Crippen molar-refractivity contribution in [1.29, 1.82) is 0 Å². The second-order valence-electron chi connectivity index (χ2n) is 6.97. The summed E-state index contributed by atoms with van der Waals surface area (Å²) in [4.78, 5) is 25.3. The SMILES string of the molecule is [2H]c1nc2ncn(Cc3nc([C@@H]4CO[C@@H](c5ccc(Cl)cc5)C4)no3)c(=O)c2n1C. The van der Waals surface area contributed by atoms with Gasteiger partial charge in [-0.2, -0.15) is 4.98 Å². The summed E-state index contributed by atoms with van der Waals surface area (Å²) in [5.41, 5.74) is 1.24. The van der Waals surface area contributed by atoms with Crippen LogP contribution >= 0.6 is 11.6 Å². The highest BCUT2D eigenvalue weighted by Crippen LogP contribution is 2.37. The molecule has 5 rings (SSSR count). The van der Waals surface area contributed by atoms with Crippen LogP contribution in [0.4, 0.5) is 0 Å². The van der Waals surface area contributed by atoms with Gasteiger partial charge in [0.25, 0.3) is 5.56 Å². The monoisotopic (exact) mass is 413 g/mol. The van der Waals surface area contributed by atoms with E-state index >= 15 is 0 Å². The summed E-state index contributed by atoms with van der Waals surface area (Å²) in [6.07, 6.45) is 2.03. The van der Waals surface area contributed by atoms with Crippen LogP contribution in [0, 0.1) is 0 Å². The average Bonchev–Trinajstić information content (AvgIpc) is 3.45. The van der Waals surface area contributed by atoms with Crippen LogP contribution in [0.3, 0.4) is 0 Å². The minimum Gasteiger partial charge on any atom is -0.373 e. The third-order valence-electron chi connectivity index (χ3n) is 5.03. The number of ether oxygens (including phenoxy) is 1. The van der Waals surface area contributed by atoms with Crippen molar-refractivity contribution < 1.29 is 10.6 Å². The molecule has 9 nitrogen and oxygen atoms in total. The number of halogens is 1. The fourth-order valence-electron chi connectivity index (χ4n) is 3.49. The Hall–Kier alpha value is -3.04. The largest absolute Gasteiger partial charge is 0.373 e. The molecule has 0 spiro atoms. The molecule has 0 amide bonds. The van der Waals surface area contributed by atoms with Gasteiger partial charge in [-0.05, 0) is 24.1 Å². The number of rotatable bonds is 4. The van der Waals surface area contributed by atoms with Gasteiger partial charge in [0, 0.05) is 18.0 Å². The molecule has 1 aliphatic rings. The van der Waals surface area contributed by atoms with Crippen LogP contribution < -0.4 is 5.56 Å². The molecule has 148 valence electrons. The zero-order valence-corrected chi connectivity index (χ0v) is 16.2. The number of aromatic nitrogens is 6. The second-order valence-corrected chi connectivity index (χ2v) is 7.41. The van der Waals surface area contributed by atoms with Gasteiger partial charge in [0.2, 0.25) is 5.89 Å². The quantitative estimate of drug-likeness (QED) is 0.506. The minimum absolute atomic E-state index is 0.00320. The van der Waals surface area contributed by atoms with Crippen molar-refractivity contribution >= 4 is 22.8 Å². The number of nitrogens with zero attached hydrogens (tertiary/aromatic N) is 6. The maximum absolute atomic E-state index is 12.7. The van der Waals surface area contributed by atoms with E-state index in [-0.39, 0.29) is 41.6 Å². The van der Waals surface area contributed by atoms with E-state index in [4.69, 9.17) is 22.2 Å². The van der Waals surface area contributed by atoms with Crippen molar-refractivity contribution in [1.82, 2.24) is 29.2 Å². The summed E-state index contributed by atoms with van der Waals surface area (Å²) in [6.45, 7) is 0.572. The second kappa shape index (κ2) is 7.09. The first-order valence-corrected chi connectivity index (χ1v) is 9.45. The molecule has 1 saturated heterocycles. The predicted molar refractivity (Wildman–Crippen MR) is 104 cm³/mol. The predicted octanol–water partition coefficient (Wildman–Crippen LogP) is 2.46. The van der Waals surface area contributed by atoms with E-state index in [0.717, 1.165) is 12.0 Å². The molecule has 29 heavy (non-hydrogen) atoms. The van der Waals surface area contributed by atoms with E-state index < -0.39 is 0 Å². The first-order valence-electron chi connectivity index (χ1n) is 9.57. The summed E-state index contributed by atoms with van der Waals surface area (Å²) in [7, 11) is 1.60. The Morgan fingerprint density at radius 1 is 1.31 bits per heavy atom.